The molecule has 2 bridgehead atoms. The molecule has 0 radical (unpaired) electrons. The monoisotopic (exact) mass is 651 g/mol. The number of nitrogens with one attached hydrogen (secondary N) is 1. The molecule has 0 spiro atoms. The van der Waals surface area contributed by atoms with Crippen LogP contribution in [0.3, 0.4) is 0 Å². The van der Waals surface area contributed by atoms with Crippen molar-refractivity contribution in [3.63, 3.8) is 0 Å². The predicted octanol–water partition coefficient (Wildman–Crippen LogP) is 4.14. The molecule has 3 N–H and O–H groups in total. The Hall–Kier alpha value is -3.23. The summed E-state index contributed by atoms with van der Waals surface area (Å²) in [7, 11) is 0. The van der Waals surface area contributed by atoms with Gasteiger partial charge in [0.05, 0.1) is 30.2 Å². The van der Waals surface area contributed by atoms with Crippen LogP contribution in [0, 0.1) is 46.5 Å². The van der Waals surface area contributed by atoms with Crippen LogP contribution in [-0.2, 0) is 28.6 Å². The summed E-state index contributed by atoms with van der Waals surface area (Å²) in [5, 5.41) is 25.7. The fraction of sp³-hybridized carbons (Fsp3) is 0.649. The van der Waals surface area contributed by atoms with Crippen LogP contribution in [0.5, 0.6) is 0 Å². The lowest BCUT2D eigenvalue weighted by Gasteiger charge is -2.70. The van der Waals surface area contributed by atoms with Crippen molar-refractivity contribution in [1.82, 2.24) is 5.48 Å². The Morgan fingerprint density at radius 1 is 1.06 bits per heavy atom. The van der Waals surface area contributed by atoms with Crippen molar-refractivity contribution in [3.05, 3.63) is 47.0 Å². The van der Waals surface area contributed by atoms with Gasteiger partial charge in [-0.15, -0.1) is 5.48 Å². The number of terminal acetylenes is 1. The largest absolute Gasteiger partial charge is 0.457 e. The van der Waals surface area contributed by atoms with Crippen LogP contribution in [0.2, 0.25) is 0 Å². The highest BCUT2D eigenvalue weighted by Crippen LogP contribution is 2.68. The molecule has 1 aromatic carbocycles. The van der Waals surface area contributed by atoms with Gasteiger partial charge in [-0.25, -0.2) is 4.79 Å². The summed E-state index contributed by atoms with van der Waals surface area (Å²) in [4.78, 5) is 47.4. The quantitative estimate of drug-likeness (QED) is 0.171. The summed E-state index contributed by atoms with van der Waals surface area (Å²) in [6, 6.07) is 7.92. The molecule has 2 saturated carbocycles. The molecule has 1 aromatic rings. The van der Waals surface area contributed by atoms with Crippen LogP contribution in [0.4, 0.5) is 0 Å². The standard InChI is InChI=1S/C37H49NO9/c1-11-45-38-23(5)20(2)31(40)46-25-17-37(43)30(47-32(41)24-15-13-12-14-16-24)28-35(10,33(6,7)18-26-36(28,42)19-44-26)29(39)22(4)27(21(25)3)34(37,8)9/h1,12-16,20,22-23,25-26,28,30,38,42-43H,17-19H2,2-10H3/t20-,22-,23?,25?,26?,28?,30?,35-,36+,37?/m1/s1. The second-order valence-corrected chi connectivity index (χ2v) is 15.5. The van der Waals surface area contributed by atoms with Crippen LogP contribution in [0.1, 0.15) is 85.5 Å². The number of hydrogen-bond donors (Lipinski definition) is 3. The van der Waals surface area contributed by atoms with E-state index in [0.29, 0.717) is 17.6 Å². The number of hydrogen-bond acceptors (Lipinski definition) is 10. The first kappa shape index (κ1) is 35.1. The number of rotatable bonds is 7. The van der Waals surface area contributed by atoms with Crippen LogP contribution < -0.4 is 5.48 Å². The number of fused-ring (bicyclic) bond motifs is 5. The highest BCUT2D eigenvalue weighted by Gasteiger charge is 2.77. The first-order valence-corrected chi connectivity index (χ1v) is 16.4. The summed E-state index contributed by atoms with van der Waals surface area (Å²) in [5.74, 6) is -3.88. The van der Waals surface area contributed by atoms with E-state index in [9.17, 15) is 19.8 Å². The third-order valence-electron chi connectivity index (χ3n) is 12.5. The Balaban J connectivity index is 1.71. The molecule has 1 aliphatic heterocycles. The van der Waals surface area contributed by atoms with Gasteiger partial charge in [0.25, 0.3) is 0 Å². The molecule has 256 valence electrons. The number of carbonyl (C=O) groups is 3. The molecule has 47 heavy (non-hydrogen) atoms. The van der Waals surface area contributed by atoms with Crippen molar-refractivity contribution in [2.45, 2.75) is 111 Å². The number of hydroxylamine groups is 1. The number of aliphatic hydroxyl groups is 2. The third kappa shape index (κ3) is 5.04. The Morgan fingerprint density at radius 3 is 2.28 bits per heavy atom. The topological polar surface area (TPSA) is 141 Å². The summed E-state index contributed by atoms with van der Waals surface area (Å²) in [6.07, 6.45) is 4.48. The van der Waals surface area contributed by atoms with Crippen molar-refractivity contribution in [2.75, 3.05) is 6.61 Å². The van der Waals surface area contributed by atoms with E-state index in [-0.39, 0.29) is 24.4 Å². The molecule has 0 aromatic heterocycles. The Labute approximate surface area is 277 Å². The zero-order chi connectivity index (χ0) is 34.9. The van der Waals surface area contributed by atoms with Crippen molar-refractivity contribution in [3.8, 4) is 12.5 Å². The summed E-state index contributed by atoms with van der Waals surface area (Å²) >= 11 is 0. The van der Waals surface area contributed by atoms with Crippen LogP contribution >= 0.6 is 0 Å². The molecule has 3 fully saturated rings. The third-order valence-corrected chi connectivity index (χ3v) is 12.5. The fourth-order valence-electron chi connectivity index (χ4n) is 9.08. The van der Waals surface area contributed by atoms with Crippen molar-refractivity contribution < 1.29 is 43.6 Å². The first-order chi connectivity index (χ1) is 21.8. The molecule has 10 nitrogen and oxygen atoms in total. The number of ketones is 1. The van der Waals surface area contributed by atoms with Gasteiger partial charge in [0, 0.05) is 29.1 Å². The van der Waals surface area contributed by atoms with Gasteiger partial charge in [0.1, 0.15) is 35.3 Å². The number of Topliss-reactive ketones (excluding diaryl/α,β-unsaturated/α-hetero) is 1. The second-order valence-electron chi connectivity index (χ2n) is 15.5. The van der Waals surface area contributed by atoms with Gasteiger partial charge in [-0.2, -0.15) is 0 Å². The van der Waals surface area contributed by atoms with E-state index in [1.165, 1.54) is 0 Å². The normalized spacial score (nSPS) is 38.2. The summed E-state index contributed by atoms with van der Waals surface area (Å²) < 4.78 is 18.5. The van der Waals surface area contributed by atoms with E-state index in [2.05, 4.69) is 5.48 Å². The predicted molar refractivity (Wildman–Crippen MR) is 172 cm³/mol. The molecule has 10 heteroatoms. The van der Waals surface area contributed by atoms with Crippen molar-refractivity contribution in [2.24, 2.45) is 34.0 Å². The van der Waals surface area contributed by atoms with Crippen LogP contribution in [0.25, 0.3) is 0 Å². The Kier molecular flexibility index (Phi) is 8.75. The molecular weight excluding hydrogens is 602 g/mol. The van der Waals surface area contributed by atoms with Crippen molar-refractivity contribution >= 4 is 17.7 Å². The maximum atomic E-state index is 15.1. The molecule has 1 heterocycles. The minimum Gasteiger partial charge on any atom is -0.457 e. The van der Waals surface area contributed by atoms with Crippen LogP contribution in [0.15, 0.2) is 41.5 Å². The zero-order valence-electron chi connectivity index (χ0n) is 28.9. The lowest BCUT2D eigenvalue weighted by atomic mass is 9.39. The summed E-state index contributed by atoms with van der Waals surface area (Å²) in [5.41, 5.74) is -2.44. The number of esters is 2. The minimum absolute atomic E-state index is 0.0756. The van der Waals surface area contributed by atoms with Gasteiger partial charge >= 0.3 is 11.9 Å². The van der Waals surface area contributed by atoms with E-state index in [4.69, 9.17) is 25.5 Å². The molecule has 1 saturated heterocycles. The van der Waals surface area contributed by atoms with E-state index >= 15 is 4.79 Å². The molecule has 10 atom stereocenters. The molecule has 3 aliphatic carbocycles. The number of benzene rings is 1. The van der Waals surface area contributed by atoms with Gasteiger partial charge in [-0.1, -0.05) is 73.1 Å². The smallest absolute Gasteiger partial charge is 0.338 e. The highest BCUT2D eigenvalue weighted by molar-refractivity contribution is 5.92. The Morgan fingerprint density at radius 2 is 1.70 bits per heavy atom. The van der Waals surface area contributed by atoms with Gasteiger partial charge in [0.15, 0.2) is 0 Å². The summed E-state index contributed by atoms with van der Waals surface area (Å²) in [6.45, 7) is 16.4. The van der Waals surface area contributed by atoms with Gasteiger partial charge in [-0.05, 0) is 49.0 Å². The van der Waals surface area contributed by atoms with Gasteiger partial charge in [-0.3, -0.25) is 9.59 Å². The molecule has 5 rings (SSSR count). The van der Waals surface area contributed by atoms with Gasteiger partial charge in [0.2, 0.25) is 0 Å². The zero-order valence-corrected chi connectivity index (χ0v) is 28.9. The molecule has 0 amide bonds. The van der Waals surface area contributed by atoms with E-state index in [0.717, 1.165) is 0 Å². The maximum absolute atomic E-state index is 15.1. The molecule has 6 unspecified atom stereocenters. The Bertz CT molecular complexity index is 1510. The molecule has 4 aliphatic rings. The lowest BCUT2D eigenvalue weighted by molar-refractivity contribution is -0.348. The number of carbonyl (C=O) groups excluding carboxylic acids is 3. The SMILES string of the molecule is C#CONC(C)[C@@H](C)C(=O)OC1CC2(O)C(OC(=O)c3ccccc3)C3[C@]4(O)COC4CC(C)(C)[C@@]3(C)C(=O)[C@H](C)C(=C1C)C2(C)C. The minimum atomic E-state index is -1.90. The van der Waals surface area contributed by atoms with Gasteiger partial charge < -0.3 is 29.3 Å². The average molecular weight is 652 g/mol. The average Bonchev–Trinajstić information content (AvgIpc) is 3.02. The van der Waals surface area contributed by atoms with Crippen LogP contribution in [-0.4, -0.2) is 70.1 Å². The first-order valence-electron chi connectivity index (χ1n) is 16.4. The van der Waals surface area contributed by atoms with Crippen molar-refractivity contribution in [1.29, 1.82) is 0 Å². The molecular formula is C37H49NO9. The van der Waals surface area contributed by atoms with E-state index < -0.39 is 81.5 Å². The highest BCUT2D eigenvalue weighted by atomic mass is 16.6. The number of ether oxygens (including phenoxy) is 3. The van der Waals surface area contributed by atoms with E-state index in [1.807, 2.05) is 54.6 Å². The second kappa shape index (κ2) is 11.7. The lowest BCUT2D eigenvalue weighted by Crippen LogP contribution is -2.81. The fourth-order valence-corrected chi connectivity index (χ4v) is 9.08. The van der Waals surface area contributed by atoms with E-state index in [1.54, 1.807) is 44.2 Å². The maximum Gasteiger partial charge on any atom is 0.338 e.